The van der Waals surface area contributed by atoms with E-state index in [4.69, 9.17) is 11.4 Å². The second-order valence-electron chi connectivity index (χ2n) is 8.75. The van der Waals surface area contributed by atoms with Gasteiger partial charge in [-0.3, -0.25) is 14.3 Å². The maximum Gasteiger partial charge on any atom is 0.256 e. The van der Waals surface area contributed by atoms with E-state index >= 15 is 0 Å². The molecule has 176 valence electrons. The van der Waals surface area contributed by atoms with Crippen LogP contribution in [0.25, 0.3) is 11.0 Å². The first kappa shape index (κ1) is 22.6. The maximum atomic E-state index is 13.2. The molecule has 4 heterocycles. The van der Waals surface area contributed by atoms with E-state index in [1.54, 1.807) is 23.9 Å². The lowest BCUT2D eigenvalue weighted by Crippen LogP contribution is -2.44. The third-order valence-electron chi connectivity index (χ3n) is 6.42. The van der Waals surface area contributed by atoms with E-state index in [0.29, 0.717) is 28.1 Å². The van der Waals surface area contributed by atoms with Crippen LogP contribution in [0, 0.1) is 19.3 Å². The molecule has 0 spiro atoms. The summed E-state index contributed by atoms with van der Waals surface area (Å²) in [4.78, 5) is 31.5. The fourth-order valence-corrected chi connectivity index (χ4v) is 4.36. The number of benzene rings is 1. The van der Waals surface area contributed by atoms with Crippen molar-refractivity contribution in [2.45, 2.75) is 13.5 Å². The molecule has 8 nitrogen and oxygen atoms in total. The summed E-state index contributed by atoms with van der Waals surface area (Å²) < 4.78 is 1.61. The monoisotopic (exact) mass is 465 g/mol. The van der Waals surface area contributed by atoms with Gasteiger partial charge in [-0.2, -0.15) is 4.98 Å². The van der Waals surface area contributed by atoms with Gasteiger partial charge in [-0.1, -0.05) is 12.0 Å². The molecule has 8 heteroatoms. The van der Waals surface area contributed by atoms with E-state index in [1.165, 1.54) is 5.69 Å². The number of hydrogen-bond acceptors (Lipinski definition) is 7. The molecule has 0 saturated carbocycles. The summed E-state index contributed by atoms with van der Waals surface area (Å²) in [7, 11) is 2.15. The van der Waals surface area contributed by atoms with Gasteiger partial charge in [0.1, 0.15) is 5.65 Å². The van der Waals surface area contributed by atoms with Gasteiger partial charge >= 0.3 is 0 Å². The van der Waals surface area contributed by atoms with Crippen molar-refractivity contribution >= 4 is 28.4 Å². The summed E-state index contributed by atoms with van der Waals surface area (Å²) in [5.74, 6) is 3.04. The zero-order chi connectivity index (χ0) is 24.4. The number of aromatic nitrogens is 4. The summed E-state index contributed by atoms with van der Waals surface area (Å²) in [6, 6.07) is 13.9. The number of rotatable bonds is 5. The van der Waals surface area contributed by atoms with Gasteiger partial charge in [-0.05, 0) is 50.4 Å². The molecule has 3 aromatic heterocycles. The highest BCUT2D eigenvalue weighted by Gasteiger charge is 2.17. The predicted octanol–water partition coefficient (Wildman–Crippen LogP) is 3.02. The average molecular weight is 466 g/mol. The van der Waals surface area contributed by atoms with Crippen molar-refractivity contribution in [3.8, 4) is 12.3 Å². The molecule has 0 radical (unpaired) electrons. The standard InChI is InChI=1S/C27H27N7O/c1-4-23-19(2)26(35)34(18-21-7-5-6-12-28-21)25-24(23)17-29-27(31-25)30-20-8-10-22(11-9-20)33-15-13-32(3)14-16-33/h1,5-12,17H,13-16,18H2,2-3H3,(H,29,30,31). The zero-order valence-corrected chi connectivity index (χ0v) is 19.9. The van der Waals surface area contributed by atoms with Crippen LogP contribution < -0.4 is 15.8 Å². The van der Waals surface area contributed by atoms with Crippen LogP contribution in [-0.2, 0) is 6.54 Å². The topological polar surface area (TPSA) is 79.2 Å². The van der Waals surface area contributed by atoms with Crippen molar-refractivity contribution in [1.29, 1.82) is 0 Å². The summed E-state index contributed by atoms with van der Waals surface area (Å²) in [5.41, 5.74) is 4.14. The molecule has 0 unspecified atom stereocenters. The first-order valence-corrected chi connectivity index (χ1v) is 11.6. The van der Waals surface area contributed by atoms with Crippen LogP contribution in [-0.4, -0.2) is 57.6 Å². The number of terminal acetylenes is 1. The Labute approximate surface area is 204 Å². The molecule has 1 saturated heterocycles. The van der Waals surface area contributed by atoms with Gasteiger partial charge in [0.15, 0.2) is 0 Å². The van der Waals surface area contributed by atoms with Crippen molar-refractivity contribution in [1.82, 2.24) is 24.4 Å². The minimum Gasteiger partial charge on any atom is -0.369 e. The third kappa shape index (κ3) is 4.59. The van der Waals surface area contributed by atoms with Gasteiger partial charge in [0, 0.05) is 61.1 Å². The molecule has 1 fully saturated rings. The Morgan fingerprint density at radius 1 is 1.06 bits per heavy atom. The third-order valence-corrected chi connectivity index (χ3v) is 6.42. The number of pyridine rings is 2. The molecule has 4 aromatic rings. The van der Waals surface area contributed by atoms with Crippen molar-refractivity contribution < 1.29 is 0 Å². The van der Waals surface area contributed by atoms with Crippen LogP contribution in [0.1, 0.15) is 16.8 Å². The molecule has 0 atom stereocenters. The van der Waals surface area contributed by atoms with Crippen LogP contribution in [0.15, 0.2) is 59.7 Å². The largest absolute Gasteiger partial charge is 0.369 e. The highest BCUT2D eigenvalue weighted by Crippen LogP contribution is 2.23. The first-order chi connectivity index (χ1) is 17.0. The fourth-order valence-electron chi connectivity index (χ4n) is 4.36. The molecule has 0 amide bonds. The Balaban J connectivity index is 1.47. The highest BCUT2D eigenvalue weighted by molar-refractivity contribution is 5.84. The summed E-state index contributed by atoms with van der Waals surface area (Å²) in [6.07, 6.45) is 9.13. The van der Waals surface area contributed by atoms with E-state index in [1.807, 2.05) is 30.3 Å². The Morgan fingerprint density at radius 2 is 1.83 bits per heavy atom. The number of likely N-dealkylation sites (N-methyl/N-ethyl adjacent to an activating group) is 1. The SMILES string of the molecule is C#Cc1c(C)c(=O)n(Cc2ccccn2)c2nc(Nc3ccc(N4CCN(C)CC4)cc3)ncc12. The van der Waals surface area contributed by atoms with Crippen molar-refractivity contribution in [3.05, 3.63) is 82.0 Å². The number of hydrogen-bond donors (Lipinski definition) is 1. The second kappa shape index (κ2) is 9.57. The van der Waals surface area contributed by atoms with Gasteiger partial charge in [0.2, 0.25) is 5.95 Å². The minimum atomic E-state index is -0.183. The number of anilines is 3. The molecule has 1 N–H and O–H groups in total. The molecule has 1 aliphatic rings. The molecule has 0 aliphatic carbocycles. The predicted molar refractivity (Wildman–Crippen MR) is 139 cm³/mol. The van der Waals surface area contributed by atoms with Crippen LogP contribution in [0.2, 0.25) is 0 Å². The second-order valence-corrected chi connectivity index (χ2v) is 8.75. The van der Waals surface area contributed by atoms with E-state index in [0.717, 1.165) is 37.6 Å². The average Bonchev–Trinajstić information content (AvgIpc) is 2.89. The van der Waals surface area contributed by atoms with Gasteiger partial charge in [-0.15, -0.1) is 6.42 Å². The number of nitrogens with zero attached hydrogens (tertiary/aromatic N) is 6. The lowest BCUT2D eigenvalue weighted by molar-refractivity contribution is 0.313. The van der Waals surface area contributed by atoms with E-state index in [-0.39, 0.29) is 12.1 Å². The number of piperazine rings is 1. The molecule has 35 heavy (non-hydrogen) atoms. The maximum absolute atomic E-state index is 13.2. The van der Waals surface area contributed by atoms with Gasteiger partial charge in [0.05, 0.1) is 17.6 Å². The van der Waals surface area contributed by atoms with Crippen molar-refractivity contribution in [2.75, 3.05) is 43.4 Å². The van der Waals surface area contributed by atoms with Gasteiger partial charge < -0.3 is 15.1 Å². The molecular formula is C27H27N7O. The van der Waals surface area contributed by atoms with E-state index < -0.39 is 0 Å². The van der Waals surface area contributed by atoms with Crippen LogP contribution in [0.3, 0.4) is 0 Å². The molecule has 1 aliphatic heterocycles. The molecule has 0 bridgehead atoms. The Bertz CT molecular complexity index is 1450. The van der Waals surface area contributed by atoms with Crippen molar-refractivity contribution in [2.24, 2.45) is 0 Å². The van der Waals surface area contributed by atoms with E-state index in [2.05, 4.69) is 50.2 Å². The van der Waals surface area contributed by atoms with Gasteiger partial charge in [-0.25, -0.2) is 4.98 Å². The Hall–Kier alpha value is -4.22. The fraction of sp³-hybridized carbons (Fsp3) is 0.259. The van der Waals surface area contributed by atoms with Crippen LogP contribution in [0.4, 0.5) is 17.3 Å². The Kier molecular flexibility index (Phi) is 6.17. The van der Waals surface area contributed by atoms with Crippen molar-refractivity contribution in [3.63, 3.8) is 0 Å². The lowest BCUT2D eigenvalue weighted by Gasteiger charge is -2.34. The zero-order valence-electron chi connectivity index (χ0n) is 19.9. The number of fused-ring (bicyclic) bond motifs is 1. The smallest absolute Gasteiger partial charge is 0.256 e. The molecule has 5 rings (SSSR count). The van der Waals surface area contributed by atoms with Crippen LogP contribution >= 0.6 is 0 Å². The lowest BCUT2D eigenvalue weighted by atomic mass is 10.1. The summed E-state index contributed by atoms with van der Waals surface area (Å²) in [6.45, 7) is 6.18. The molecule has 1 aromatic carbocycles. The van der Waals surface area contributed by atoms with E-state index in [9.17, 15) is 4.79 Å². The minimum absolute atomic E-state index is 0.183. The quantitative estimate of drug-likeness (QED) is 0.454. The Morgan fingerprint density at radius 3 is 2.51 bits per heavy atom. The normalized spacial score (nSPS) is 14.1. The molecular weight excluding hydrogens is 438 g/mol. The summed E-state index contributed by atoms with van der Waals surface area (Å²) in [5, 5.41) is 3.93. The first-order valence-electron chi connectivity index (χ1n) is 11.6. The van der Waals surface area contributed by atoms with Gasteiger partial charge in [0.25, 0.3) is 5.56 Å². The van der Waals surface area contributed by atoms with Crippen LogP contribution in [0.5, 0.6) is 0 Å². The highest BCUT2D eigenvalue weighted by atomic mass is 16.1. The number of nitrogens with one attached hydrogen (secondary N) is 1. The summed E-state index contributed by atoms with van der Waals surface area (Å²) >= 11 is 0.